The lowest BCUT2D eigenvalue weighted by Gasteiger charge is -2.39. The van der Waals surface area contributed by atoms with Gasteiger partial charge in [0.05, 0.1) is 0 Å². The van der Waals surface area contributed by atoms with Crippen LogP contribution in [0, 0.1) is 0 Å². The van der Waals surface area contributed by atoms with Crippen LogP contribution < -0.4 is 10.6 Å². The number of likely N-dealkylation sites (tertiary alicyclic amines) is 1. The molecule has 1 aromatic carbocycles. The van der Waals surface area contributed by atoms with Crippen molar-refractivity contribution < 1.29 is 4.79 Å². The van der Waals surface area contributed by atoms with E-state index in [2.05, 4.69) is 44.8 Å². The molecule has 0 spiro atoms. The van der Waals surface area contributed by atoms with Crippen molar-refractivity contribution in [3.8, 4) is 0 Å². The van der Waals surface area contributed by atoms with E-state index in [1.54, 1.807) is 0 Å². The Kier molecular flexibility index (Phi) is 8.43. The molecule has 6 nitrogen and oxygen atoms in total. The topological polar surface area (TPSA) is 60.0 Å². The van der Waals surface area contributed by atoms with Crippen LogP contribution in [-0.4, -0.2) is 67.0 Å². The van der Waals surface area contributed by atoms with Gasteiger partial charge in [0.2, 0.25) is 5.91 Å². The Morgan fingerprint density at radius 1 is 1.03 bits per heavy atom. The zero-order valence-corrected chi connectivity index (χ0v) is 19.8. The molecule has 3 aliphatic rings. The lowest BCUT2D eigenvalue weighted by atomic mass is 9.92. The van der Waals surface area contributed by atoms with Crippen molar-refractivity contribution in [1.29, 1.82) is 0 Å². The van der Waals surface area contributed by atoms with Crippen molar-refractivity contribution in [2.24, 2.45) is 4.99 Å². The van der Waals surface area contributed by atoms with Crippen LogP contribution in [0.15, 0.2) is 29.3 Å². The van der Waals surface area contributed by atoms with E-state index in [1.807, 2.05) is 11.9 Å². The highest BCUT2D eigenvalue weighted by molar-refractivity contribution is 5.80. The van der Waals surface area contributed by atoms with Crippen LogP contribution in [0.4, 0.5) is 0 Å². The average molecular weight is 440 g/mol. The van der Waals surface area contributed by atoms with Gasteiger partial charge >= 0.3 is 0 Å². The van der Waals surface area contributed by atoms with Crippen molar-refractivity contribution in [2.45, 2.75) is 82.8 Å². The van der Waals surface area contributed by atoms with Gasteiger partial charge in [-0.1, -0.05) is 43.5 Å². The normalized spacial score (nSPS) is 21.3. The predicted molar refractivity (Wildman–Crippen MR) is 131 cm³/mol. The number of carbonyl (C=O) groups excluding carboxylic acids is 1. The Hall–Kier alpha value is -2.08. The van der Waals surface area contributed by atoms with Gasteiger partial charge in [-0.2, -0.15) is 0 Å². The molecule has 2 fully saturated rings. The summed E-state index contributed by atoms with van der Waals surface area (Å²) in [6, 6.07) is 9.80. The SMILES string of the molecule is CN=C(NCCCC(=O)N1CCc2ccccc2C1)NC1CCN(C2CCCCC2)CC1. The third-order valence-corrected chi connectivity index (χ3v) is 7.53. The van der Waals surface area contributed by atoms with Crippen LogP contribution in [0.25, 0.3) is 0 Å². The van der Waals surface area contributed by atoms with Crippen LogP contribution in [0.2, 0.25) is 0 Å². The second-order valence-corrected chi connectivity index (χ2v) is 9.68. The summed E-state index contributed by atoms with van der Waals surface area (Å²) in [5, 5.41) is 7.03. The van der Waals surface area contributed by atoms with Gasteiger partial charge in [0.1, 0.15) is 0 Å². The van der Waals surface area contributed by atoms with Gasteiger partial charge in [0.25, 0.3) is 0 Å². The molecule has 0 aromatic heterocycles. The number of nitrogens with one attached hydrogen (secondary N) is 2. The molecule has 2 heterocycles. The molecule has 0 bridgehead atoms. The van der Waals surface area contributed by atoms with Gasteiger partial charge in [0.15, 0.2) is 5.96 Å². The van der Waals surface area contributed by atoms with Crippen LogP contribution in [0.5, 0.6) is 0 Å². The number of aliphatic imine (C=N–C) groups is 1. The molecule has 4 rings (SSSR count). The van der Waals surface area contributed by atoms with Crippen LogP contribution in [0.1, 0.15) is 68.9 Å². The standard InChI is InChI=1S/C26H41N5O/c1-27-26(29-23-14-18-30(19-15-23)24-10-3-2-4-11-24)28-16-7-12-25(32)31-17-13-21-8-5-6-9-22(21)20-31/h5-6,8-9,23-24H,2-4,7,10-20H2,1H3,(H2,27,28,29). The third kappa shape index (κ3) is 6.25. The minimum absolute atomic E-state index is 0.263. The number of carbonyl (C=O) groups is 1. The number of rotatable bonds is 6. The molecule has 1 saturated carbocycles. The first-order chi connectivity index (χ1) is 15.7. The molecule has 0 unspecified atom stereocenters. The second-order valence-electron chi connectivity index (χ2n) is 9.68. The number of amides is 1. The van der Waals surface area contributed by atoms with Crippen LogP contribution in [0.3, 0.4) is 0 Å². The van der Waals surface area contributed by atoms with E-state index >= 15 is 0 Å². The molecule has 1 amide bonds. The van der Waals surface area contributed by atoms with Gasteiger partial charge in [0, 0.05) is 58.3 Å². The zero-order valence-electron chi connectivity index (χ0n) is 19.8. The minimum Gasteiger partial charge on any atom is -0.356 e. The monoisotopic (exact) mass is 439 g/mol. The van der Waals surface area contributed by atoms with E-state index < -0.39 is 0 Å². The molecule has 1 saturated heterocycles. The van der Waals surface area contributed by atoms with Crippen molar-refractivity contribution in [3.63, 3.8) is 0 Å². The summed E-state index contributed by atoms with van der Waals surface area (Å²) in [6.45, 7) is 4.77. The number of fused-ring (bicyclic) bond motifs is 1. The number of guanidine groups is 1. The first-order valence-corrected chi connectivity index (χ1v) is 12.8. The number of hydrogen-bond acceptors (Lipinski definition) is 3. The Morgan fingerprint density at radius 2 is 1.78 bits per heavy atom. The largest absolute Gasteiger partial charge is 0.356 e. The number of benzene rings is 1. The van der Waals surface area contributed by atoms with Gasteiger partial charge in [-0.05, 0) is 49.7 Å². The summed E-state index contributed by atoms with van der Waals surface area (Å²) in [5.74, 6) is 1.14. The highest BCUT2D eigenvalue weighted by atomic mass is 16.2. The number of piperidine rings is 1. The van der Waals surface area contributed by atoms with Crippen molar-refractivity contribution in [1.82, 2.24) is 20.4 Å². The van der Waals surface area contributed by atoms with E-state index in [0.717, 1.165) is 44.5 Å². The first-order valence-electron chi connectivity index (χ1n) is 12.8. The van der Waals surface area contributed by atoms with E-state index in [1.165, 1.54) is 69.2 Å². The highest BCUT2D eigenvalue weighted by Crippen LogP contribution is 2.25. The maximum Gasteiger partial charge on any atom is 0.222 e. The molecule has 0 radical (unpaired) electrons. The molecule has 0 atom stereocenters. The molecule has 6 heteroatoms. The van der Waals surface area contributed by atoms with E-state index in [4.69, 9.17) is 0 Å². The molecular formula is C26H41N5O. The van der Waals surface area contributed by atoms with Gasteiger partial charge in [-0.15, -0.1) is 0 Å². The number of hydrogen-bond donors (Lipinski definition) is 2. The number of nitrogens with zero attached hydrogens (tertiary/aromatic N) is 3. The fourth-order valence-corrected chi connectivity index (χ4v) is 5.56. The Balaban J connectivity index is 1.12. The highest BCUT2D eigenvalue weighted by Gasteiger charge is 2.26. The zero-order chi connectivity index (χ0) is 22.2. The molecule has 32 heavy (non-hydrogen) atoms. The van der Waals surface area contributed by atoms with Crippen molar-refractivity contribution in [2.75, 3.05) is 33.2 Å². The van der Waals surface area contributed by atoms with Crippen LogP contribution in [-0.2, 0) is 17.8 Å². The maximum atomic E-state index is 12.6. The molecule has 1 aliphatic carbocycles. The predicted octanol–water partition coefficient (Wildman–Crippen LogP) is 3.31. The second kappa shape index (κ2) is 11.7. The maximum absolute atomic E-state index is 12.6. The molecule has 1 aromatic rings. The Morgan fingerprint density at radius 3 is 2.53 bits per heavy atom. The van der Waals surface area contributed by atoms with Gasteiger partial charge < -0.3 is 20.4 Å². The van der Waals surface area contributed by atoms with E-state index in [0.29, 0.717) is 12.5 Å². The smallest absolute Gasteiger partial charge is 0.222 e. The lowest BCUT2D eigenvalue weighted by molar-refractivity contribution is -0.132. The Bertz CT molecular complexity index is 765. The summed E-state index contributed by atoms with van der Waals surface area (Å²) >= 11 is 0. The molecule has 176 valence electrons. The van der Waals surface area contributed by atoms with Crippen molar-refractivity contribution in [3.05, 3.63) is 35.4 Å². The fraction of sp³-hybridized carbons (Fsp3) is 0.692. The Labute approximate surface area is 193 Å². The van der Waals surface area contributed by atoms with Crippen LogP contribution >= 0.6 is 0 Å². The van der Waals surface area contributed by atoms with Gasteiger partial charge in [-0.3, -0.25) is 9.79 Å². The van der Waals surface area contributed by atoms with Gasteiger partial charge in [-0.25, -0.2) is 0 Å². The quantitative estimate of drug-likeness (QED) is 0.406. The third-order valence-electron chi connectivity index (χ3n) is 7.53. The average Bonchev–Trinajstić information content (AvgIpc) is 2.86. The fourth-order valence-electron chi connectivity index (χ4n) is 5.56. The molecule has 2 aliphatic heterocycles. The lowest BCUT2D eigenvalue weighted by Crippen LogP contribution is -2.51. The summed E-state index contributed by atoms with van der Waals surface area (Å²) in [6.07, 6.45) is 11.8. The van der Waals surface area contributed by atoms with E-state index in [-0.39, 0.29) is 5.91 Å². The first kappa shape index (κ1) is 23.1. The summed E-state index contributed by atoms with van der Waals surface area (Å²) < 4.78 is 0. The summed E-state index contributed by atoms with van der Waals surface area (Å²) in [4.78, 5) is 21.8. The van der Waals surface area contributed by atoms with Crippen molar-refractivity contribution >= 4 is 11.9 Å². The summed E-state index contributed by atoms with van der Waals surface area (Å²) in [5.41, 5.74) is 2.68. The molecular weight excluding hydrogens is 398 g/mol. The van der Waals surface area contributed by atoms with E-state index in [9.17, 15) is 4.79 Å². The molecule has 2 N–H and O–H groups in total. The minimum atomic E-state index is 0.263. The summed E-state index contributed by atoms with van der Waals surface area (Å²) in [7, 11) is 1.84.